The van der Waals surface area contributed by atoms with E-state index in [0.29, 0.717) is 6.42 Å². The molecule has 0 aliphatic carbocycles. The summed E-state index contributed by atoms with van der Waals surface area (Å²) in [5.41, 5.74) is 0. The number of hydrogen-bond donors (Lipinski definition) is 2. The fourth-order valence-corrected chi connectivity index (χ4v) is 2.24. The second-order valence-corrected chi connectivity index (χ2v) is 5.03. The van der Waals surface area contributed by atoms with Crippen LogP contribution in [-0.4, -0.2) is 40.8 Å². The van der Waals surface area contributed by atoms with Crippen LogP contribution in [-0.2, 0) is 0 Å². The van der Waals surface area contributed by atoms with Crippen LogP contribution in [0.3, 0.4) is 0 Å². The topological polar surface area (TPSA) is 52.6 Å². The van der Waals surface area contributed by atoms with Gasteiger partial charge in [-0.1, -0.05) is 0 Å². The number of carbonyl (C=O) groups is 1. The van der Waals surface area contributed by atoms with E-state index < -0.39 is 0 Å². The van der Waals surface area contributed by atoms with E-state index in [-0.39, 0.29) is 24.2 Å². The van der Waals surface area contributed by atoms with E-state index in [9.17, 15) is 9.90 Å². The fraction of sp³-hybridized carbons (Fsp3) is 0.917. The first-order chi connectivity index (χ1) is 7.50. The zero-order valence-corrected chi connectivity index (χ0v) is 10.6. The standard InChI is InChI=1S/C12H24N2O2/c1-9(2)13-12(16)14-7-5-4-6-11(14)8-10(3)15/h9-11,15H,4-8H2,1-3H3,(H,13,16). The summed E-state index contributed by atoms with van der Waals surface area (Å²) in [4.78, 5) is 13.8. The first-order valence-corrected chi connectivity index (χ1v) is 6.26. The molecule has 1 fully saturated rings. The third kappa shape index (κ3) is 4.00. The lowest BCUT2D eigenvalue weighted by Crippen LogP contribution is -2.51. The molecule has 0 aromatic heterocycles. The third-order valence-corrected chi connectivity index (χ3v) is 2.91. The monoisotopic (exact) mass is 228 g/mol. The quantitative estimate of drug-likeness (QED) is 0.773. The molecule has 1 aliphatic rings. The number of nitrogens with one attached hydrogen (secondary N) is 1. The van der Waals surface area contributed by atoms with Crippen LogP contribution >= 0.6 is 0 Å². The molecule has 1 heterocycles. The molecule has 0 aromatic carbocycles. The Bertz CT molecular complexity index is 229. The highest BCUT2D eigenvalue weighted by Crippen LogP contribution is 2.21. The van der Waals surface area contributed by atoms with Crippen LogP contribution in [0.1, 0.15) is 46.5 Å². The lowest BCUT2D eigenvalue weighted by molar-refractivity contribution is 0.101. The molecule has 16 heavy (non-hydrogen) atoms. The first-order valence-electron chi connectivity index (χ1n) is 6.26. The maximum absolute atomic E-state index is 11.9. The van der Waals surface area contributed by atoms with Crippen molar-refractivity contribution in [2.24, 2.45) is 0 Å². The molecular formula is C12H24N2O2. The molecule has 0 aromatic rings. The fourth-order valence-electron chi connectivity index (χ4n) is 2.24. The predicted molar refractivity (Wildman–Crippen MR) is 64.3 cm³/mol. The van der Waals surface area contributed by atoms with Crippen molar-refractivity contribution in [3.05, 3.63) is 0 Å². The van der Waals surface area contributed by atoms with Gasteiger partial charge in [-0.2, -0.15) is 0 Å². The largest absolute Gasteiger partial charge is 0.393 e. The SMILES string of the molecule is CC(O)CC1CCCCN1C(=O)NC(C)C. The van der Waals surface area contributed by atoms with E-state index in [2.05, 4.69) is 5.32 Å². The van der Waals surface area contributed by atoms with Gasteiger partial charge >= 0.3 is 6.03 Å². The molecule has 1 saturated heterocycles. The summed E-state index contributed by atoms with van der Waals surface area (Å²) in [6, 6.07) is 0.384. The summed E-state index contributed by atoms with van der Waals surface area (Å²) >= 11 is 0. The van der Waals surface area contributed by atoms with Crippen LogP contribution in [0.2, 0.25) is 0 Å². The number of rotatable bonds is 3. The van der Waals surface area contributed by atoms with Crippen molar-refractivity contribution >= 4 is 6.03 Å². The summed E-state index contributed by atoms with van der Waals surface area (Å²) in [7, 11) is 0. The number of aliphatic hydroxyl groups is 1. The van der Waals surface area contributed by atoms with Crippen molar-refractivity contribution in [2.75, 3.05) is 6.54 Å². The smallest absolute Gasteiger partial charge is 0.317 e. The maximum Gasteiger partial charge on any atom is 0.317 e. The molecule has 0 bridgehead atoms. The van der Waals surface area contributed by atoms with Crippen molar-refractivity contribution < 1.29 is 9.90 Å². The Morgan fingerprint density at radius 2 is 2.12 bits per heavy atom. The van der Waals surface area contributed by atoms with Gasteiger partial charge in [-0.25, -0.2) is 4.79 Å². The minimum atomic E-state index is -0.336. The molecule has 4 heteroatoms. The van der Waals surface area contributed by atoms with Crippen molar-refractivity contribution in [1.29, 1.82) is 0 Å². The zero-order valence-electron chi connectivity index (χ0n) is 10.6. The van der Waals surface area contributed by atoms with Crippen molar-refractivity contribution in [1.82, 2.24) is 10.2 Å². The van der Waals surface area contributed by atoms with Crippen molar-refractivity contribution in [2.45, 2.75) is 64.6 Å². The van der Waals surface area contributed by atoms with E-state index in [1.54, 1.807) is 6.92 Å². The van der Waals surface area contributed by atoms with Crippen LogP contribution < -0.4 is 5.32 Å². The summed E-state index contributed by atoms with van der Waals surface area (Å²) in [5, 5.41) is 12.3. The van der Waals surface area contributed by atoms with Crippen LogP contribution in [0, 0.1) is 0 Å². The Morgan fingerprint density at radius 1 is 1.44 bits per heavy atom. The van der Waals surface area contributed by atoms with Gasteiger partial charge in [0.15, 0.2) is 0 Å². The maximum atomic E-state index is 11.9. The molecule has 2 atom stereocenters. The summed E-state index contributed by atoms with van der Waals surface area (Å²) in [6.07, 6.45) is 3.59. The molecule has 0 spiro atoms. The molecule has 2 N–H and O–H groups in total. The van der Waals surface area contributed by atoms with Gasteiger partial charge in [0.05, 0.1) is 6.10 Å². The summed E-state index contributed by atoms with van der Waals surface area (Å²) < 4.78 is 0. The Kier molecular flexibility index (Phi) is 5.06. The molecule has 1 rings (SSSR count). The minimum Gasteiger partial charge on any atom is -0.393 e. The van der Waals surface area contributed by atoms with Gasteiger partial charge in [-0.3, -0.25) is 0 Å². The molecule has 4 nitrogen and oxygen atoms in total. The van der Waals surface area contributed by atoms with Crippen LogP contribution in [0.5, 0.6) is 0 Å². The number of urea groups is 1. The van der Waals surface area contributed by atoms with Gasteiger partial charge in [0, 0.05) is 18.6 Å². The van der Waals surface area contributed by atoms with Crippen molar-refractivity contribution in [3.8, 4) is 0 Å². The zero-order chi connectivity index (χ0) is 12.1. The summed E-state index contributed by atoms with van der Waals surface area (Å²) in [5.74, 6) is 0. The number of likely N-dealkylation sites (tertiary alicyclic amines) is 1. The number of piperidine rings is 1. The first kappa shape index (κ1) is 13.3. The highest BCUT2D eigenvalue weighted by molar-refractivity contribution is 5.74. The summed E-state index contributed by atoms with van der Waals surface area (Å²) in [6.45, 7) is 6.53. The van der Waals surface area contributed by atoms with E-state index >= 15 is 0 Å². The lowest BCUT2D eigenvalue weighted by atomic mass is 9.97. The molecule has 2 amide bonds. The second-order valence-electron chi connectivity index (χ2n) is 5.03. The van der Waals surface area contributed by atoms with E-state index in [1.807, 2.05) is 18.7 Å². The highest BCUT2D eigenvalue weighted by Gasteiger charge is 2.27. The number of carbonyl (C=O) groups excluding carboxylic acids is 1. The number of hydrogen-bond acceptors (Lipinski definition) is 2. The highest BCUT2D eigenvalue weighted by atomic mass is 16.3. The molecule has 1 aliphatic heterocycles. The Morgan fingerprint density at radius 3 is 2.69 bits per heavy atom. The molecule has 94 valence electrons. The average molecular weight is 228 g/mol. The van der Waals surface area contributed by atoms with Gasteiger partial charge in [-0.15, -0.1) is 0 Å². The van der Waals surface area contributed by atoms with Crippen LogP contribution in [0.4, 0.5) is 4.79 Å². The number of nitrogens with zero attached hydrogens (tertiary/aromatic N) is 1. The van der Waals surface area contributed by atoms with Gasteiger partial charge in [0.25, 0.3) is 0 Å². The Labute approximate surface area is 98.0 Å². The normalized spacial score (nSPS) is 23.3. The second kappa shape index (κ2) is 6.09. The molecular weight excluding hydrogens is 204 g/mol. The third-order valence-electron chi connectivity index (χ3n) is 2.91. The molecule has 2 unspecified atom stereocenters. The van der Waals surface area contributed by atoms with Gasteiger partial charge in [0.2, 0.25) is 0 Å². The minimum absolute atomic E-state index is 0.0142. The molecule has 0 saturated carbocycles. The van der Waals surface area contributed by atoms with E-state index in [1.165, 1.54) is 0 Å². The van der Waals surface area contributed by atoms with Crippen LogP contribution in [0.15, 0.2) is 0 Å². The average Bonchev–Trinajstić information content (AvgIpc) is 2.16. The van der Waals surface area contributed by atoms with E-state index in [4.69, 9.17) is 0 Å². The Balaban J connectivity index is 2.55. The van der Waals surface area contributed by atoms with Gasteiger partial charge in [0.1, 0.15) is 0 Å². The lowest BCUT2D eigenvalue weighted by Gasteiger charge is -2.36. The number of amides is 2. The van der Waals surface area contributed by atoms with Gasteiger partial charge < -0.3 is 15.3 Å². The molecule has 0 radical (unpaired) electrons. The number of aliphatic hydroxyl groups excluding tert-OH is 1. The predicted octanol–water partition coefficient (Wildman–Crippen LogP) is 1.73. The van der Waals surface area contributed by atoms with Gasteiger partial charge in [-0.05, 0) is 46.5 Å². The van der Waals surface area contributed by atoms with Crippen LogP contribution in [0.25, 0.3) is 0 Å². The van der Waals surface area contributed by atoms with Crippen molar-refractivity contribution in [3.63, 3.8) is 0 Å². The van der Waals surface area contributed by atoms with E-state index in [0.717, 1.165) is 25.8 Å². The Hall–Kier alpha value is -0.770.